The molecular weight excluding hydrogens is 466 g/mol. The first-order valence-corrected chi connectivity index (χ1v) is 10.0. The van der Waals surface area contributed by atoms with Gasteiger partial charge in [0.05, 0.1) is 26.7 Å². The first-order valence-electron chi connectivity index (χ1n) is 8.91. The van der Waals surface area contributed by atoms with Crippen LogP contribution in [-0.2, 0) is 9.59 Å². The first-order chi connectivity index (χ1) is 14.8. The molecule has 0 radical (unpaired) electrons. The zero-order chi connectivity index (χ0) is 22.3. The third-order valence-corrected chi connectivity index (χ3v) is 5.85. The van der Waals surface area contributed by atoms with Crippen molar-refractivity contribution in [3.63, 3.8) is 0 Å². The summed E-state index contributed by atoms with van der Waals surface area (Å²) in [4.78, 5) is 31.2. The molecule has 3 aromatic rings. The SMILES string of the molecule is O=C1C(=O)N(c2ccc(F)c(Cl)c2)C(c2cccnc2)/C1=C(\O)c1ccc(Cl)c(Cl)c1. The summed E-state index contributed by atoms with van der Waals surface area (Å²) in [7, 11) is 0. The standard InChI is InChI=1S/C22H12Cl3FN2O3/c23-14-5-3-11(8-15(14)24)20(29)18-19(12-2-1-7-27-10-12)28(22(31)21(18)30)13-4-6-17(26)16(25)9-13/h1-10,19,29H/b20-18+. The van der Waals surface area contributed by atoms with Crippen LogP contribution in [0.3, 0.4) is 0 Å². The molecule has 0 saturated carbocycles. The van der Waals surface area contributed by atoms with Crippen molar-refractivity contribution in [2.24, 2.45) is 0 Å². The van der Waals surface area contributed by atoms with Crippen molar-refractivity contribution in [3.05, 3.63) is 98.5 Å². The number of benzene rings is 2. The first kappa shape index (κ1) is 21.3. The minimum absolute atomic E-state index is 0.170. The zero-order valence-corrected chi connectivity index (χ0v) is 17.8. The van der Waals surface area contributed by atoms with Crippen LogP contribution in [0.15, 0.2) is 66.5 Å². The topological polar surface area (TPSA) is 70.5 Å². The predicted molar refractivity (Wildman–Crippen MR) is 117 cm³/mol. The average molecular weight is 478 g/mol. The van der Waals surface area contributed by atoms with E-state index in [1.165, 1.54) is 42.7 Å². The molecule has 0 bridgehead atoms. The van der Waals surface area contributed by atoms with E-state index in [1.807, 2.05) is 0 Å². The molecule has 156 valence electrons. The number of rotatable bonds is 3. The Balaban J connectivity index is 1.95. The van der Waals surface area contributed by atoms with Crippen molar-refractivity contribution in [2.75, 3.05) is 4.90 Å². The van der Waals surface area contributed by atoms with Gasteiger partial charge in [-0.3, -0.25) is 19.5 Å². The van der Waals surface area contributed by atoms with Gasteiger partial charge in [0, 0.05) is 23.6 Å². The summed E-state index contributed by atoms with van der Waals surface area (Å²) in [6, 6.07) is 10.3. The molecule has 1 N–H and O–H groups in total. The van der Waals surface area contributed by atoms with Crippen LogP contribution in [-0.4, -0.2) is 21.8 Å². The minimum Gasteiger partial charge on any atom is -0.507 e. The quantitative estimate of drug-likeness (QED) is 0.294. The van der Waals surface area contributed by atoms with E-state index < -0.39 is 29.3 Å². The molecule has 1 atom stereocenters. The summed E-state index contributed by atoms with van der Waals surface area (Å²) in [6.07, 6.45) is 3.00. The van der Waals surface area contributed by atoms with Gasteiger partial charge < -0.3 is 5.11 Å². The fourth-order valence-corrected chi connectivity index (χ4v) is 3.86. The Bertz CT molecular complexity index is 1250. The third-order valence-electron chi connectivity index (χ3n) is 4.82. The van der Waals surface area contributed by atoms with E-state index in [2.05, 4.69) is 4.98 Å². The lowest BCUT2D eigenvalue weighted by Gasteiger charge is -2.25. The third kappa shape index (κ3) is 3.78. The molecule has 9 heteroatoms. The van der Waals surface area contributed by atoms with E-state index in [-0.39, 0.29) is 31.9 Å². The number of Topliss-reactive ketones (excluding diaryl/α,β-unsaturated/α-hetero) is 1. The van der Waals surface area contributed by atoms with E-state index in [4.69, 9.17) is 34.8 Å². The molecule has 31 heavy (non-hydrogen) atoms. The predicted octanol–water partition coefficient (Wildman–Crippen LogP) is 5.81. The molecule has 5 nitrogen and oxygen atoms in total. The van der Waals surface area contributed by atoms with Gasteiger partial charge >= 0.3 is 0 Å². The summed E-state index contributed by atoms with van der Waals surface area (Å²) in [5.74, 6) is -2.92. The van der Waals surface area contributed by atoms with Crippen LogP contribution in [0.1, 0.15) is 17.2 Å². The van der Waals surface area contributed by atoms with E-state index >= 15 is 0 Å². The van der Waals surface area contributed by atoms with Crippen LogP contribution >= 0.6 is 34.8 Å². The van der Waals surface area contributed by atoms with Crippen molar-refractivity contribution in [1.29, 1.82) is 0 Å². The van der Waals surface area contributed by atoms with E-state index in [1.54, 1.807) is 12.1 Å². The average Bonchev–Trinajstić information content (AvgIpc) is 3.03. The van der Waals surface area contributed by atoms with Crippen LogP contribution in [0.2, 0.25) is 15.1 Å². The number of halogens is 4. The highest BCUT2D eigenvalue weighted by Crippen LogP contribution is 2.43. The lowest BCUT2D eigenvalue weighted by atomic mass is 9.96. The maximum Gasteiger partial charge on any atom is 0.300 e. The highest BCUT2D eigenvalue weighted by atomic mass is 35.5. The molecule has 1 aliphatic heterocycles. The molecule has 0 spiro atoms. The van der Waals surface area contributed by atoms with Gasteiger partial charge in [-0.15, -0.1) is 0 Å². The van der Waals surface area contributed by atoms with Crippen LogP contribution in [0.25, 0.3) is 5.76 Å². The summed E-state index contributed by atoms with van der Waals surface area (Å²) in [5, 5.41) is 11.2. The number of pyridine rings is 1. The van der Waals surface area contributed by atoms with E-state index in [0.29, 0.717) is 5.56 Å². The number of aliphatic hydroxyl groups is 1. The van der Waals surface area contributed by atoms with Gasteiger partial charge in [-0.2, -0.15) is 0 Å². The number of anilines is 1. The molecule has 2 aromatic carbocycles. The van der Waals surface area contributed by atoms with Gasteiger partial charge in [0.1, 0.15) is 11.6 Å². The molecule has 1 saturated heterocycles. The van der Waals surface area contributed by atoms with E-state index in [9.17, 15) is 19.1 Å². The Labute approximate surface area is 191 Å². The Morgan fingerprint density at radius 2 is 1.77 bits per heavy atom. The Morgan fingerprint density at radius 3 is 2.42 bits per heavy atom. The monoisotopic (exact) mass is 476 g/mol. The van der Waals surface area contributed by atoms with Gasteiger partial charge in [-0.05, 0) is 48.0 Å². The second-order valence-electron chi connectivity index (χ2n) is 6.68. The fourth-order valence-electron chi connectivity index (χ4n) is 3.39. The molecule has 1 unspecified atom stereocenters. The van der Waals surface area contributed by atoms with Crippen molar-refractivity contribution in [3.8, 4) is 0 Å². The smallest absolute Gasteiger partial charge is 0.300 e. The number of ketones is 1. The van der Waals surface area contributed by atoms with Gasteiger partial charge in [-0.1, -0.05) is 40.9 Å². The van der Waals surface area contributed by atoms with Gasteiger partial charge in [-0.25, -0.2) is 4.39 Å². The number of nitrogens with zero attached hydrogens (tertiary/aromatic N) is 2. The largest absolute Gasteiger partial charge is 0.507 e. The van der Waals surface area contributed by atoms with E-state index in [0.717, 1.165) is 11.0 Å². The summed E-state index contributed by atoms with van der Waals surface area (Å²) in [5.41, 5.74) is 0.689. The number of hydrogen-bond acceptors (Lipinski definition) is 4. The van der Waals surface area contributed by atoms with Crippen molar-refractivity contribution < 1.29 is 19.1 Å². The number of carbonyl (C=O) groups excluding carboxylic acids is 2. The van der Waals surface area contributed by atoms with Crippen molar-refractivity contribution in [1.82, 2.24) is 4.98 Å². The lowest BCUT2D eigenvalue weighted by molar-refractivity contribution is -0.132. The van der Waals surface area contributed by atoms with Crippen LogP contribution in [0, 0.1) is 5.82 Å². The summed E-state index contributed by atoms with van der Waals surface area (Å²) >= 11 is 17.9. The highest BCUT2D eigenvalue weighted by molar-refractivity contribution is 6.52. The molecule has 1 aliphatic rings. The molecular formula is C22H12Cl3FN2O3. The van der Waals surface area contributed by atoms with Crippen molar-refractivity contribution >= 4 is 57.9 Å². The molecule has 1 amide bonds. The number of carbonyl (C=O) groups is 2. The maximum absolute atomic E-state index is 13.7. The lowest BCUT2D eigenvalue weighted by Crippen LogP contribution is -2.29. The number of aromatic nitrogens is 1. The fraction of sp³-hybridized carbons (Fsp3) is 0.0455. The Hall–Kier alpha value is -2.93. The normalized spacial score (nSPS) is 17.9. The van der Waals surface area contributed by atoms with Gasteiger partial charge in [0.25, 0.3) is 11.7 Å². The second-order valence-corrected chi connectivity index (χ2v) is 7.90. The summed E-state index contributed by atoms with van der Waals surface area (Å²) in [6.45, 7) is 0. The minimum atomic E-state index is -1.02. The molecule has 0 aliphatic carbocycles. The Morgan fingerprint density at radius 1 is 1.00 bits per heavy atom. The highest BCUT2D eigenvalue weighted by Gasteiger charge is 2.47. The van der Waals surface area contributed by atoms with Crippen molar-refractivity contribution in [2.45, 2.75) is 6.04 Å². The molecule has 1 aromatic heterocycles. The van der Waals surface area contributed by atoms with Crippen LogP contribution in [0.5, 0.6) is 0 Å². The number of hydrogen-bond donors (Lipinski definition) is 1. The van der Waals surface area contributed by atoms with Crippen LogP contribution < -0.4 is 4.90 Å². The number of aliphatic hydroxyl groups excluding tert-OH is 1. The van der Waals surface area contributed by atoms with Gasteiger partial charge in [0.15, 0.2) is 0 Å². The maximum atomic E-state index is 13.7. The zero-order valence-electron chi connectivity index (χ0n) is 15.5. The summed E-state index contributed by atoms with van der Waals surface area (Å²) < 4.78 is 13.7. The van der Waals surface area contributed by atoms with Gasteiger partial charge in [0.2, 0.25) is 0 Å². The van der Waals surface area contributed by atoms with Crippen LogP contribution in [0.4, 0.5) is 10.1 Å². The molecule has 1 fully saturated rings. The molecule has 4 rings (SSSR count). The number of amides is 1. The second kappa shape index (κ2) is 8.30. The molecule has 2 heterocycles. The Kier molecular flexibility index (Phi) is 5.71.